The summed E-state index contributed by atoms with van der Waals surface area (Å²) in [6.07, 6.45) is 15.6. The predicted molar refractivity (Wildman–Crippen MR) is 243 cm³/mol. The number of ketones is 1. The van der Waals surface area contributed by atoms with Crippen LogP contribution in [0.4, 0.5) is 0 Å². The number of unbranched alkanes of at least 4 members (excludes halogenated alkanes) is 12. The van der Waals surface area contributed by atoms with Crippen molar-refractivity contribution in [2.45, 2.75) is 174 Å². The third kappa shape index (κ3) is 24.6. The number of esters is 2. The molecule has 0 aromatic carbocycles. The summed E-state index contributed by atoms with van der Waals surface area (Å²) < 4.78 is 34.2. The average Bonchev–Trinajstić information content (AvgIpc) is 3.44. The molecule has 0 aromatic rings. The van der Waals surface area contributed by atoms with Crippen LogP contribution in [0, 0.1) is 11.8 Å². The van der Waals surface area contributed by atoms with Crippen molar-refractivity contribution >= 4 is 43.5 Å². The molecule has 65 heavy (non-hydrogen) atoms. The first-order valence-electron chi connectivity index (χ1n) is 24.4. The molecular weight excluding hydrogens is 865 g/mol. The zero-order valence-corrected chi connectivity index (χ0v) is 40.5. The van der Waals surface area contributed by atoms with Gasteiger partial charge in [-0.3, -0.25) is 47.6 Å². The lowest BCUT2D eigenvalue weighted by Gasteiger charge is -2.52. The Morgan fingerprint density at radius 3 is 1.71 bits per heavy atom. The fourth-order valence-corrected chi connectivity index (χ4v) is 9.93. The van der Waals surface area contributed by atoms with Crippen LogP contribution in [-0.2, 0) is 51.9 Å². The lowest BCUT2D eigenvalue weighted by Crippen LogP contribution is -2.66. The molecule has 0 amide bonds. The van der Waals surface area contributed by atoms with Gasteiger partial charge in [-0.05, 0) is 57.4 Å². The van der Waals surface area contributed by atoms with Crippen molar-refractivity contribution in [3.63, 3.8) is 0 Å². The van der Waals surface area contributed by atoms with Crippen LogP contribution in [-0.4, -0.2) is 154 Å². The first-order valence-corrected chi connectivity index (χ1v) is 25.9. The molecule has 19 heteroatoms. The van der Waals surface area contributed by atoms with Crippen LogP contribution in [0.2, 0.25) is 0 Å². The Bertz CT molecular complexity index is 1460. The maximum Gasteiger partial charge on any atom is 0.472 e. The van der Waals surface area contributed by atoms with Crippen LogP contribution < -0.4 is 0 Å². The van der Waals surface area contributed by atoms with Gasteiger partial charge in [0.05, 0.1) is 38.4 Å². The van der Waals surface area contributed by atoms with Crippen molar-refractivity contribution in [3.8, 4) is 0 Å². The predicted octanol–water partition coefficient (Wildman–Crippen LogP) is 6.94. The number of aliphatic carboxylic acids is 3. The van der Waals surface area contributed by atoms with Gasteiger partial charge in [0.1, 0.15) is 12.4 Å². The topological polar surface area (TPSA) is 247 Å². The maximum absolute atomic E-state index is 13.4. The zero-order valence-electron chi connectivity index (χ0n) is 39.6. The molecule has 1 saturated carbocycles. The molecule has 1 aliphatic heterocycles. The Balaban J connectivity index is 1.96. The second kappa shape index (κ2) is 32.7. The van der Waals surface area contributed by atoms with Gasteiger partial charge in [-0.15, -0.1) is 0 Å². The van der Waals surface area contributed by atoms with E-state index < -0.39 is 69.0 Å². The van der Waals surface area contributed by atoms with Gasteiger partial charge in [0, 0.05) is 51.4 Å². The number of carboxylic acids is 3. The molecule has 0 bridgehead atoms. The molecule has 3 atom stereocenters. The standard InChI is InChI=1S/C46H82N3O15P/c1-4-7-9-11-13-15-17-21-44(57)61-33-39(64-45(58)22-18-16-14-12-10-8-5-2)34-63-65(59,60)62-29-19-20-40(50)37-23-25-38(26-24-37)46(49(31-42(53)54)32-43(55)56)35-47(6-3)27-28-48(36-46)30-41(51)52/h37-39H,4-36H2,1-3H3,(H,51,52)(H,53,54)(H,55,56)(H,59,60). The summed E-state index contributed by atoms with van der Waals surface area (Å²) in [6, 6.07) is 0. The molecule has 0 radical (unpaired) electrons. The lowest BCUT2D eigenvalue weighted by atomic mass is 9.69. The summed E-state index contributed by atoms with van der Waals surface area (Å²) in [5, 5.41) is 29.4. The maximum atomic E-state index is 13.4. The third-order valence-corrected chi connectivity index (χ3v) is 13.7. The summed E-state index contributed by atoms with van der Waals surface area (Å²) >= 11 is 0. The van der Waals surface area contributed by atoms with Crippen LogP contribution in [0.3, 0.4) is 0 Å². The number of hydrogen-bond acceptors (Lipinski definition) is 14. The number of Topliss-reactive ketones (excluding diaryl/α,β-unsaturated/α-hetero) is 1. The highest BCUT2D eigenvalue weighted by Gasteiger charge is 2.50. The highest BCUT2D eigenvalue weighted by Crippen LogP contribution is 2.44. The number of likely N-dealkylation sites (N-methyl/N-ethyl adjacent to an activating group) is 1. The first-order chi connectivity index (χ1) is 31.0. The van der Waals surface area contributed by atoms with Crippen molar-refractivity contribution in [1.29, 1.82) is 0 Å². The van der Waals surface area contributed by atoms with E-state index in [1.807, 2.05) is 6.92 Å². The van der Waals surface area contributed by atoms with Gasteiger partial charge in [-0.2, -0.15) is 0 Å². The molecule has 2 fully saturated rings. The number of ether oxygens (including phenoxy) is 2. The zero-order chi connectivity index (χ0) is 48.1. The van der Waals surface area contributed by atoms with Crippen molar-refractivity contribution in [1.82, 2.24) is 14.7 Å². The summed E-state index contributed by atoms with van der Waals surface area (Å²) in [5.74, 6) is -5.06. The van der Waals surface area contributed by atoms with E-state index in [4.69, 9.17) is 18.5 Å². The minimum absolute atomic E-state index is 0.0498. The molecule has 0 spiro atoms. The highest BCUT2D eigenvalue weighted by molar-refractivity contribution is 7.47. The number of hydrogen-bond donors (Lipinski definition) is 4. The summed E-state index contributed by atoms with van der Waals surface area (Å²) in [4.78, 5) is 90.4. The van der Waals surface area contributed by atoms with Gasteiger partial charge in [-0.25, -0.2) is 4.57 Å². The summed E-state index contributed by atoms with van der Waals surface area (Å²) in [6.45, 7) is 5.77. The van der Waals surface area contributed by atoms with E-state index in [0.717, 1.165) is 57.8 Å². The van der Waals surface area contributed by atoms with E-state index in [-0.39, 0.29) is 69.6 Å². The fraction of sp³-hybridized carbons (Fsp3) is 0.870. The monoisotopic (exact) mass is 948 g/mol. The van der Waals surface area contributed by atoms with Crippen molar-refractivity contribution in [3.05, 3.63) is 0 Å². The number of carbonyl (C=O) groups is 6. The van der Waals surface area contributed by atoms with Gasteiger partial charge >= 0.3 is 37.7 Å². The smallest absolute Gasteiger partial charge is 0.472 e. The molecule has 1 heterocycles. The number of rotatable bonds is 37. The third-order valence-electron chi connectivity index (χ3n) is 12.7. The number of carbonyl (C=O) groups excluding carboxylic acids is 3. The minimum atomic E-state index is -4.67. The Hall–Kier alpha value is -2.99. The molecule has 4 N–H and O–H groups in total. The van der Waals surface area contributed by atoms with E-state index in [1.54, 1.807) is 4.90 Å². The second-order valence-corrected chi connectivity index (χ2v) is 19.4. The lowest BCUT2D eigenvalue weighted by molar-refractivity contribution is -0.161. The highest BCUT2D eigenvalue weighted by atomic mass is 31.2. The fourth-order valence-electron chi connectivity index (χ4n) is 9.14. The molecule has 18 nitrogen and oxygen atoms in total. The van der Waals surface area contributed by atoms with Gasteiger partial charge in [0.15, 0.2) is 6.10 Å². The molecule has 2 aliphatic rings. The first kappa shape index (κ1) is 58.1. The summed E-state index contributed by atoms with van der Waals surface area (Å²) in [5.41, 5.74) is -1.01. The van der Waals surface area contributed by atoms with Gasteiger partial charge in [0.2, 0.25) is 0 Å². The van der Waals surface area contributed by atoms with Crippen LogP contribution >= 0.6 is 7.82 Å². The van der Waals surface area contributed by atoms with Crippen molar-refractivity contribution in [2.75, 3.05) is 72.2 Å². The van der Waals surface area contributed by atoms with Crippen LogP contribution in [0.5, 0.6) is 0 Å². The number of phosphoric ester groups is 1. The molecular formula is C46H82N3O15P. The Labute approximate surface area is 387 Å². The number of nitrogens with zero attached hydrogens (tertiary/aromatic N) is 3. The van der Waals surface area contributed by atoms with Crippen molar-refractivity contribution < 1.29 is 72.1 Å². The molecule has 2 rings (SSSR count). The molecule has 376 valence electrons. The Morgan fingerprint density at radius 1 is 0.646 bits per heavy atom. The summed E-state index contributed by atoms with van der Waals surface area (Å²) in [7, 11) is -4.67. The normalized spacial score (nSPS) is 21.0. The largest absolute Gasteiger partial charge is 0.480 e. The van der Waals surface area contributed by atoms with Gasteiger partial charge < -0.3 is 34.6 Å². The van der Waals surface area contributed by atoms with Crippen LogP contribution in [0.1, 0.15) is 162 Å². The van der Waals surface area contributed by atoms with E-state index in [2.05, 4.69) is 18.7 Å². The molecule has 3 unspecified atom stereocenters. The molecule has 0 aromatic heterocycles. The average molecular weight is 948 g/mol. The Kier molecular flexibility index (Phi) is 29.2. The molecule has 1 saturated heterocycles. The SMILES string of the molecule is CCCCCCCCCC(=O)OCC(COP(=O)(O)OCCCC(=O)C1CCC(C2(N(CC(=O)O)CC(=O)O)CN(CC)CCN(CC(=O)O)C2)CC1)OC(=O)CCCCCCCCC. The van der Waals surface area contributed by atoms with Crippen LogP contribution in [0.15, 0.2) is 0 Å². The van der Waals surface area contributed by atoms with E-state index in [0.29, 0.717) is 64.7 Å². The quantitative estimate of drug-likeness (QED) is 0.0280. The Morgan fingerprint density at radius 2 is 1.17 bits per heavy atom. The van der Waals surface area contributed by atoms with E-state index in [9.17, 15) is 53.5 Å². The van der Waals surface area contributed by atoms with Crippen molar-refractivity contribution in [2.24, 2.45) is 11.8 Å². The van der Waals surface area contributed by atoms with Crippen LogP contribution in [0.25, 0.3) is 0 Å². The second-order valence-electron chi connectivity index (χ2n) is 18.0. The number of carboxylic acid groups (broad SMARTS) is 3. The minimum Gasteiger partial charge on any atom is -0.480 e. The molecule has 1 aliphatic carbocycles. The van der Waals surface area contributed by atoms with E-state index in [1.165, 1.54) is 24.2 Å². The van der Waals surface area contributed by atoms with Gasteiger partial charge in [0.25, 0.3) is 0 Å². The number of phosphoric acid groups is 1. The van der Waals surface area contributed by atoms with E-state index >= 15 is 0 Å². The van der Waals surface area contributed by atoms with Gasteiger partial charge in [-0.1, -0.05) is 97.8 Å².